The normalized spacial score (nSPS) is 22.0. The molecule has 9 heteroatoms. The standard InChI is InChI=1S/C19H21BN6O2/c1-18(2)10-25(17(28)19(9-21)3-4-19)8-14(18)24-15-12(16(22)27)6-23-26-7-11(20)5-13(15)26/h5-7,14,24H,3-4,8,10H2,1-2H3,(H2,22,27). The van der Waals surface area contributed by atoms with Crippen LogP contribution in [0.15, 0.2) is 18.5 Å². The van der Waals surface area contributed by atoms with E-state index in [-0.39, 0.29) is 22.9 Å². The molecule has 2 aromatic heterocycles. The number of hydrogen-bond donors (Lipinski definition) is 2. The van der Waals surface area contributed by atoms with E-state index in [0.29, 0.717) is 42.6 Å². The molecule has 3 N–H and O–H groups in total. The van der Waals surface area contributed by atoms with E-state index in [4.69, 9.17) is 13.6 Å². The van der Waals surface area contributed by atoms with Crippen LogP contribution >= 0.6 is 0 Å². The molecule has 2 aromatic rings. The summed E-state index contributed by atoms with van der Waals surface area (Å²) in [6, 6.07) is 3.76. The van der Waals surface area contributed by atoms with Gasteiger partial charge in [0, 0.05) is 24.7 Å². The number of nitrogens with zero attached hydrogens (tertiary/aromatic N) is 4. The Morgan fingerprint density at radius 1 is 1.43 bits per heavy atom. The number of aromatic nitrogens is 2. The van der Waals surface area contributed by atoms with Gasteiger partial charge in [0.1, 0.15) is 13.3 Å². The number of nitrogens with two attached hydrogens (primary N) is 1. The average molecular weight is 376 g/mol. The van der Waals surface area contributed by atoms with Gasteiger partial charge in [0.05, 0.1) is 35.1 Å². The Morgan fingerprint density at radius 3 is 2.75 bits per heavy atom. The summed E-state index contributed by atoms with van der Waals surface area (Å²) in [6.45, 7) is 5.08. The predicted molar refractivity (Wildman–Crippen MR) is 104 cm³/mol. The first-order chi connectivity index (χ1) is 13.2. The second kappa shape index (κ2) is 5.99. The molecule has 1 saturated heterocycles. The minimum atomic E-state index is -0.844. The Labute approximate surface area is 164 Å². The summed E-state index contributed by atoms with van der Waals surface area (Å²) in [5.41, 5.74) is 6.42. The molecule has 1 aliphatic carbocycles. The molecule has 0 aromatic carbocycles. The van der Waals surface area contributed by atoms with E-state index in [1.165, 1.54) is 6.20 Å². The number of amides is 2. The summed E-state index contributed by atoms with van der Waals surface area (Å²) in [7, 11) is 5.89. The molecule has 1 aliphatic heterocycles. The molecule has 0 bridgehead atoms. The third kappa shape index (κ3) is 2.80. The minimum Gasteiger partial charge on any atom is -0.377 e. The number of carbonyl (C=O) groups is 2. The van der Waals surface area contributed by atoms with Crippen LogP contribution in [-0.2, 0) is 4.79 Å². The number of fused-ring (bicyclic) bond motifs is 1. The van der Waals surface area contributed by atoms with Crippen molar-refractivity contribution in [1.29, 1.82) is 5.26 Å². The number of carbonyl (C=O) groups excluding carboxylic acids is 2. The second-order valence-corrected chi connectivity index (χ2v) is 8.47. The first-order valence-corrected chi connectivity index (χ1v) is 9.21. The van der Waals surface area contributed by atoms with Crippen molar-refractivity contribution in [2.45, 2.75) is 32.7 Å². The summed E-state index contributed by atoms with van der Waals surface area (Å²) >= 11 is 0. The van der Waals surface area contributed by atoms with Crippen LogP contribution in [0.1, 0.15) is 37.0 Å². The lowest BCUT2D eigenvalue weighted by atomic mass is 9.87. The van der Waals surface area contributed by atoms with Gasteiger partial charge in [-0.3, -0.25) is 9.59 Å². The van der Waals surface area contributed by atoms with Gasteiger partial charge in [-0.1, -0.05) is 19.3 Å². The SMILES string of the molecule is [B]c1cc2c(NC3CN(C(=O)C4(C#N)CC4)CC3(C)C)c(C(N)=O)cnn2c1. The van der Waals surface area contributed by atoms with Gasteiger partial charge >= 0.3 is 0 Å². The minimum absolute atomic E-state index is 0.102. The summed E-state index contributed by atoms with van der Waals surface area (Å²) in [5, 5.41) is 17.0. The molecule has 2 aliphatic rings. The zero-order valence-corrected chi connectivity index (χ0v) is 15.9. The summed E-state index contributed by atoms with van der Waals surface area (Å²) in [5.74, 6) is -0.697. The molecule has 1 unspecified atom stereocenters. The van der Waals surface area contributed by atoms with Crippen LogP contribution in [0, 0.1) is 22.2 Å². The smallest absolute Gasteiger partial charge is 0.252 e. The van der Waals surface area contributed by atoms with Crippen molar-refractivity contribution in [3.8, 4) is 6.07 Å². The van der Waals surface area contributed by atoms with Gasteiger partial charge in [0.25, 0.3) is 5.91 Å². The van der Waals surface area contributed by atoms with Gasteiger partial charge in [0.15, 0.2) is 0 Å². The highest BCUT2D eigenvalue weighted by Gasteiger charge is 2.55. The maximum absolute atomic E-state index is 12.8. The fourth-order valence-electron chi connectivity index (χ4n) is 3.92. The zero-order chi connectivity index (χ0) is 20.3. The molecule has 28 heavy (non-hydrogen) atoms. The summed E-state index contributed by atoms with van der Waals surface area (Å²) < 4.78 is 1.59. The van der Waals surface area contributed by atoms with E-state index in [1.807, 2.05) is 0 Å². The van der Waals surface area contributed by atoms with Gasteiger partial charge in [-0.05, 0) is 18.9 Å². The lowest BCUT2D eigenvalue weighted by molar-refractivity contribution is -0.134. The molecule has 3 heterocycles. The quantitative estimate of drug-likeness (QED) is 0.739. The summed E-state index contributed by atoms with van der Waals surface area (Å²) in [6.07, 6.45) is 4.32. The number of likely N-dealkylation sites (tertiary alicyclic amines) is 1. The molecule has 4 rings (SSSR count). The van der Waals surface area contributed by atoms with E-state index in [9.17, 15) is 14.9 Å². The van der Waals surface area contributed by atoms with Gasteiger partial charge in [-0.2, -0.15) is 10.4 Å². The van der Waals surface area contributed by atoms with Gasteiger partial charge in [-0.25, -0.2) is 4.52 Å². The topological polar surface area (TPSA) is 117 Å². The molecule has 1 saturated carbocycles. The van der Waals surface area contributed by atoms with Crippen molar-refractivity contribution in [3.05, 3.63) is 24.0 Å². The second-order valence-electron chi connectivity index (χ2n) is 8.47. The molecule has 8 nitrogen and oxygen atoms in total. The first-order valence-electron chi connectivity index (χ1n) is 9.21. The van der Waals surface area contributed by atoms with E-state index in [0.717, 1.165) is 0 Å². The maximum atomic E-state index is 12.8. The van der Waals surface area contributed by atoms with Crippen LogP contribution in [0.4, 0.5) is 5.69 Å². The van der Waals surface area contributed by atoms with E-state index < -0.39 is 11.3 Å². The molecule has 0 spiro atoms. The van der Waals surface area contributed by atoms with Crippen molar-refractivity contribution < 1.29 is 9.59 Å². The van der Waals surface area contributed by atoms with E-state index in [2.05, 4.69) is 30.3 Å². The van der Waals surface area contributed by atoms with E-state index >= 15 is 0 Å². The predicted octanol–water partition coefficient (Wildman–Crippen LogP) is 0.180. The Morgan fingerprint density at radius 2 is 2.14 bits per heavy atom. The van der Waals surface area contributed by atoms with Crippen molar-refractivity contribution in [3.63, 3.8) is 0 Å². The largest absolute Gasteiger partial charge is 0.377 e. The Balaban J connectivity index is 1.67. The van der Waals surface area contributed by atoms with E-state index in [1.54, 1.807) is 21.7 Å². The van der Waals surface area contributed by atoms with Gasteiger partial charge < -0.3 is 16.0 Å². The molecule has 1 atom stereocenters. The fourth-order valence-corrected chi connectivity index (χ4v) is 3.92. The van der Waals surface area contributed by atoms with Gasteiger partial charge in [0.2, 0.25) is 5.91 Å². The fraction of sp³-hybridized carbons (Fsp3) is 0.474. The van der Waals surface area contributed by atoms with Crippen molar-refractivity contribution >= 4 is 36.3 Å². The lowest BCUT2D eigenvalue weighted by Crippen LogP contribution is -2.37. The number of rotatable bonds is 4. The van der Waals surface area contributed by atoms with Crippen molar-refractivity contribution in [2.75, 3.05) is 18.4 Å². The molecular formula is C19H21BN6O2. The maximum Gasteiger partial charge on any atom is 0.252 e. The highest BCUT2D eigenvalue weighted by Crippen LogP contribution is 2.48. The van der Waals surface area contributed by atoms with Gasteiger partial charge in [-0.15, -0.1) is 0 Å². The molecule has 142 valence electrons. The number of anilines is 1. The van der Waals surface area contributed by atoms with Crippen LogP contribution in [-0.4, -0.2) is 53.3 Å². The molecular weight excluding hydrogens is 355 g/mol. The highest BCUT2D eigenvalue weighted by atomic mass is 16.2. The third-order valence-corrected chi connectivity index (χ3v) is 5.85. The van der Waals surface area contributed by atoms with Crippen LogP contribution in [0.2, 0.25) is 0 Å². The number of hydrogen-bond acceptors (Lipinski definition) is 5. The summed E-state index contributed by atoms with van der Waals surface area (Å²) in [4.78, 5) is 26.5. The monoisotopic (exact) mass is 376 g/mol. The lowest BCUT2D eigenvalue weighted by Gasteiger charge is -2.28. The molecule has 2 radical (unpaired) electrons. The number of nitrogens with one attached hydrogen (secondary N) is 1. The Kier molecular flexibility index (Phi) is 3.93. The number of nitriles is 1. The van der Waals surface area contributed by atoms with Crippen LogP contribution in [0.25, 0.3) is 5.52 Å². The third-order valence-electron chi connectivity index (χ3n) is 5.85. The van der Waals surface area contributed by atoms with Crippen LogP contribution in [0.3, 0.4) is 0 Å². The Hall–Kier alpha value is -3.02. The Bertz CT molecular complexity index is 1030. The van der Waals surface area contributed by atoms with Crippen molar-refractivity contribution in [2.24, 2.45) is 16.6 Å². The molecule has 2 amide bonds. The number of primary amides is 1. The highest BCUT2D eigenvalue weighted by molar-refractivity contribution is 6.33. The first kappa shape index (κ1) is 18.4. The van der Waals surface area contributed by atoms with Crippen molar-refractivity contribution in [1.82, 2.24) is 14.5 Å². The zero-order valence-electron chi connectivity index (χ0n) is 15.9. The van der Waals surface area contributed by atoms with Crippen LogP contribution < -0.4 is 16.5 Å². The molecule has 2 fully saturated rings. The average Bonchev–Trinajstić information content (AvgIpc) is 3.25. The van der Waals surface area contributed by atoms with Crippen LogP contribution in [0.5, 0.6) is 0 Å².